The fourth-order valence-electron chi connectivity index (χ4n) is 1.77. The molecule has 1 aromatic heterocycles. The first-order chi connectivity index (χ1) is 9.47. The Morgan fingerprint density at radius 3 is 2.70 bits per heavy atom. The summed E-state index contributed by atoms with van der Waals surface area (Å²) in [6, 6.07) is 2.22. The second-order valence-electron chi connectivity index (χ2n) is 4.41. The van der Waals surface area contributed by atoms with Crippen molar-refractivity contribution in [3.8, 4) is 0 Å². The number of esters is 1. The van der Waals surface area contributed by atoms with Crippen LogP contribution in [-0.4, -0.2) is 22.1 Å². The van der Waals surface area contributed by atoms with Crippen LogP contribution >= 0.6 is 0 Å². The smallest absolute Gasteiger partial charge is 0.326 e. The molecule has 0 aromatic carbocycles. The van der Waals surface area contributed by atoms with Crippen LogP contribution in [0.3, 0.4) is 0 Å². The lowest BCUT2D eigenvalue weighted by molar-refractivity contribution is -0.386. The molecule has 0 saturated heterocycles. The molecule has 20 heavy (non-hydrogen) atoms. The molecule has 0 aliphatic heterocycles. The van der Waals surface area contributed by atoms with E-state index in [1.165, 1.54) is 6.92 Å². The van der Waals surface area contributed by atoms with Gasteiger partial charge in [-0.1, -0.05) is 19.8 Å². The Kier molecular flexibility index (Phi) is 5.89. The molecule has 0 N–H and O–H groups in total. The van der Waals surface area contributed by atoms with Crippen LogP contribution in [0.15, 0.2) is 16.9 Å². The monoisotopic (exact) mass is 282 g/mol. The second-order valence-corrected chi connectivity index (χ2v) is 4.41. The Morgan fingerprint density at radius 2 is 2.10 bits per heavy atom. The standard InChI is InChI=1S/C13H18N2O5/c1-3-4-5-8-20-13(17)9-14-10(2)11(15(18)19)6-7-12(14)16/h6-7H,3-5,8-9H2,1-2H3. The average molecular weight is 282 g/mol. The van der Waals surface area contributed by atoms with Crippen molar-refractivity contribution in [2.45, 2.75) is 39.7 Å². The maximum absolute atomic E-state index is 11.7. The van der Waals surface area contributed by atoms with E-state index in [1.807, 2.05) is 6.92 Å². The van der Waals surface area contributed by atoms with E-state index in [9.17, 15) is 19.7 Å². The molecule has 0 saturated carbocycles. The normalized spacial score (nSPS) is 10.3. The number of unbranched alkanes of at least 4 members (excludes halogenated alkanes) is 2. The van der Waals surface area contributed by atoms with E-state index in [2.05, 4.69) is 0 Å². The molecule has 0 aliphatic rings. The highest BCUT2D eigenvalue weighted by Gasteiger charge is 2.17. The number of carbonyl (C=O) groups is 1. The first-order valence-electron chi connectivity index (χ1n) is 6.47. The van der Waals surface area contributed by atoms with Gasteiger partial charge in [-0.15, -0.1) is 0 Å². The highest BCUT2D eigenvalue weighted by Crippen LogP contribution is 2.14. The van der Waals surface area contributed by atoms with Crippen LogP contribution in [0.25, 0.3) is 0 Å². The lowest BCUT2D eigenvalue weighted by Gasteiger charge is -2.09. The summed E-state index contributed by atoms with van der Waals surface area (Å²) in [4.78, 5) is 33.5. The molecule has 0 fully saturated rings. The maximum Gasteiger partial charge on any atom is 0.326 e. The fourth-order valence-corrected chi connectivity index (χ4v) is 1.77. The van der Waals surface area contributed by atoms with E-state index < -0.39 is 16.5 Å². The third-order valence-electron chi connectivity index (χ3n) is 2.92. The molecule has 1 rings (SSSR count). The zero-order valence-electron chi connectivity index (χ0n) is 11.6. The van der Waals surface area contributed by atoms with Crippen LogP contribution in [0.4, 0.5) is 5.69 Å². The summed E-state index contributed by atoms with van der Waals surface area (Å²) in [5, 5.41) is 10.8. The Hall–Kier alpha value is -2.18. The number of ether oxygens (including phenoxy) is 1. The van der Waals surface area contributed by atoms with Gasteiger partial charge in [0, 0.05) is 12.1 Å². The Balaban J connectivity index is 2.77. The first kappa shape index (κ1) is 15.9. The van der Waals surface area contributed by atoms with Crippen molar-refractivity contribution < 1.29 is 14.5 Å². The van der Waals surface area contributed by atoms with Gasteiger partial charge in [-0.25, -0.2) is 0 Å². The Labute approximate surface area is 116 Å². The number of hydrogen-bond donors (Lipinski definition) is 0. The lowest BCUT2D eigenvalue weighted by atomic mass is 10.3. The van der Waals surface area contributed by atoms with E-state index in [-0.39, 0.29) is 17.9 Å². The minimum Gasteiger partial charge on any atom is -0.464 e. The topological polar surface area (TPSA) is 91.4 Å². The van der Waals surface area contributed by atoms with E-state index in [1.54, 1.807) is 0 Å². The predicted molar refractivity (Wildman–Crippen MR) is 72.6 cm³/mol. The van der Waals surface area contributed by atoms with Gasteiger partial charge in [-0.2, -0.15) is 0 Å². The Bertz CT molecular complexity index is 550. The van der Waals surface area contributed by atoms with Crippen LogP contribution in [0.1, 0.15) is 31.9 Å². The zero-order chi connectivity index (χ0) is 15.1. The van der Waals surface area contributed by atoms with E-state index in [0.717, 1.165) is 36.0 Å². The molecule has 0 spiro atoms. The summed E-state index contributed by atoms with van der Waals surface area (Å²) >= 11 is 0. The van der Waals surface area contributed by atoms with Crippen molar-refractivity contribution in [1.29, 1.82) is 0 Å². The van der Waals surface area contributed by atoms with Gasteiger partial charge in [0.2, 0.25) is 0 Å². The zero-order valence-corrected chi connectivity index (χ0v) is 11.6. The fraction of sp³-hybridized carbons (Fsp3) is 0.538. The van der Waals surface area contributed by atoms with Gasteiger partial charge in [0.1, 0.15) is 6.54 Å². The number of rotatable bonds is 7. The van der Waals surface area contributed by atoms with Crippen molar-refractivity contribution in [2.24, 2.45) is 0 Å². The van der Waals surface area contributed by atoms with Gasteiger partial charge in [0.25, 0.3) is 11.2 Å². The molecule has 0 atom stereocenters. The van der Waals surface area contributed by atoms with Crippen LogP contribution in [0.2, 0.25) is 0 Å². The molecule has 0 bridgehead atoms. The number of aromatic nitrogens is 1. The highest BCUT2D eigenvalue weighted by molar-refractivity contribution is 5.69. The Morgan fingerprint density at radius 1 is 1.40 bits per heavy atom. The molecular formula is C13H18N2O5. The molecule has 7 nitrogen and oxygen atoms in total. The third kappa shape index (κ3) is 4.18. The van der Waals surface area contributed by atoms with Crippen LogP contribution in [0, 0.1) is 17.0 Å². The second kappa shape index (κ2) is 7.42. The minimum atomic E-state index is -0.585. The largest absolute Gasteiger partial charge is 0.464 e. The van der Waals surface area contributed by atoms with Crippen molar-refractivity contribution in [1.82, 2.24) is 4.57 Å². The summed E-state index contributed by atoms with van der Waals surface area (Å²) in [6.45, 7) is 3.46. The van der Waals surface area contributed by atoms with E-state index in [0.29, 0.717) is 6.61 Å². The van der Waals surface area contributed by atoms with Crippen molar-refractivity contribution in [2.75, 3.05) is 6.61 Å². The van der Waals surface area contributed by atoms with Crippen LogP contribution in [-0.2, 0) is 16.1 Å². The summed E-state index contributed by atoms with van der Waals surface area (Å²) in [5.41, 5.74) is -0.505. The van der Waals surface area contributed by atoms with Crippen LogP contribution in [0.5, 0.6) is 0 Å². The van der Waals surface area contributed by atoms with E-state index >= 15 is 0 Å². The average Bonchev–Trinajstić information content (AvgIpc) is 2.39. The summed E-state index contributed by atoms with van der Waals surface area (Å²) in [6.07, 6.45) is 2.75. The van der Waals surface area contributed by atoms with Gasteiger partial charge in [0.15, 0.2) is 0 Å². The highest BCUT2D eigenvalue weighted by atomic mass is 16.6. The van der Waals surface area contributed by atoms with Gasteiger partial charge in [0.05, 0.1) is 17.2 Å². The van der Waals surface area contributed by atoms with Crippen LogP contribution < -0.4 is 5.56 Å². The van der Waals surface area contributed by atoms with Gasteiger partial charge < -0.3 is 4.74 Å². The summed E-state index contributed by atoms with van der Waals surface area (Å²) in [7, 11) is 0. The summed E-state index contributed by atoms with van der Waals surface area (Å²) < 4.78 is 6.05. The molecule has 0 radical (unpaired) electrons. The minimum absolute atomic E-state index is 0.146. The number of carbonyl (C=O) groups excluding carboxylic acids is 1. The van der Waals surface area contributed by atoms with E-state index in [4.69, 9.17) is 4.74 Å². The summed E-state index contributed by atoms with van der Waals surface area (Å²) in [5.74, 6) is -0.563. The SMILES string of the molecule is CCCCCOC(=O)Cn1c(C)c([N+](=O)[O-])ccc1=O. The van der Waals surface area contributed by atoms with Crippen molar-refractivity contribution >= 4 is 11.7 Å². The number of nitro groups is 1. The molecule has 1 heterocycles. The van der Waals surface area contributed by atoms with Crippen molar-refractivity contribution in [3.63, 3.8) is 0 Å². The van der Waals surface area contributed by atoms with Crippen molar-refractivity contribution in [3.05, 3.63) is 38.3 Å². The van der Waals surface area contributed by atoms with Gasteiger partial charge in [-0.3, -0.25) is 24.3 Å². The predicted octanol–water partition coefficient (Wildman–Crippen LogP) is 1.80. The molecular weight excluding hydrogens is 264 g/mol. The molecule has 0 unspecified atom stereocenters. The third-order valence-corrected chi connectivity index (χ3v) is 2.92. The van der Waals surface area contributed by atoms with Gasteiger partial charge in [-0.05, 0) is 13.3 Å². The number of pyridine rings is 1. The molecule has 1 aromatic rings. The quantitative estimate of drug-likeness (QED) is 0.329. The number of nitrogens with zero attached hydrogens (tertiary/aromatic N) is 2. The molecule has 7 heteroatoms. The molecule has 0 aliphatic carbocycles. The molecule has 110 valence electrons. The lowest BCUT2D eigenvalue weighted by Crippen LogP contribution is -2.27. The number of hydrogen-bond acceptors (Lipinski definition) is 5. The van der Waals surface area contributed by atoms with Gasteiger partial charge >= 0.3 is 5.97 Å². The first-order valence-corrected chi connectivity index (χ1v) is 6.47. The maximum atomic E-state index is 11.7. The molecule has 0 amide bonds.